The number of nitrogens with one attached hydrogen (secondary N) is 1. The molecule has 1 N–H and O–H groups in total. The molecule has 0 aliphatic carbocycles. The summed E-state index contributed by atoms with van der Waals surface area (Å²) in [6.07, 6.45) is 3.96. The van der Waals surface area contributed by atoms with Crippen molar-refractivity contribution in [3.05, 3.63) is 0 Å². The lowest BCUT2D eigenvalue weighted by molar-refractivity contribution is 0.126. The maximum atomic E-state index is 3.70. The third-order valence-corrected chi connectivity index (χ3v) is 3.50. The molecule has 1 aliphatic rings. The molecule has 0 spiro atoms. The van der Waals surface area contributed by atoms with Crippen molar-refractivity contribution < 1.29 is 0 Å². The maximum Gasteiger partial charge on any atom is 0.0198 e. The molecule has 0 saturated carbocycles. The molecule has 0 aromatic carbocycles. The molecule has 1 rings (SSSR count). The normalized spacial score (nSPS) is 27.6. The molecule has 1 saturated heterocycles. The number of piperidine rings is 1. The Morgan fingerprint density at radius 2 is 2.00 bits per heavy atom. The van der Waals surface area contributed by atoms with Gasteiger partial charge in [0.05, 0.1) is 0 Å². The molecule has 1 heterocycles. The van der Waals surface area contributed by atoms with E-state index in [1.54, 1.807) is 0 Å². The molecule has 0 aromatic rings. The average Bonchev–Trinajstić information content (AvgIpc) is 2.25. The first kappa shape index (κ1) is 14.0. The Kier molecular flexibility index (Phi) is 6.37. The van der Waals surface area contributed by atoms with Gasteiger partial charge in [0.1, 0.15) is 0 Å². The summed E-state index contributed by atoms with van der Waals surface area (Å²) in [7, 11) is 0. The van der Waals surface area contributed by atoms with Crippen LogP contribution in [0.4, 0.5) is 0 Å². The number of hydrogen-bond acceptors (Lipinski definition) is 2. The van der Waals surface area contributed by atoms with Crippen LogP contribution < -0.4 is 5.32 Å². The number of nitrogens with zero attached hydrogens (tertiary/aromatic N) is 1. The van der Waals surface area contributed by atoms with Gasteiger partial charge in [0.15, 0.2) is 0 Å². The summed E-state index contributed by atoms with van der Waals surface area (Å²) in [5.41, 5.74) is 0. The first-order valence-corrected chi connectivity index (χ1v) is 7.11. The molecule has 0 aromatic heterocycles. The highest BCUT2D eigenvalue weighted by Gasteiger charge is 2.25. The Morgan fingerprint density at radius 1 is 1.25 bits per heavy atom. The molecular formula is C14H30N2. The largest absolute Gasteiger partial charge is 0.313 e. The highest BCUT2D eigenvalue weighted by Crippen LogP contribution is 2.20. The van der Waals surface area contributed by atoms with Gasteiger partial charge in [0.25, 0.3) is 0 Å². The van der Waals surface area contributed by atoms with E-state index in [0.29, 0.717) is 0 Å². The number of likely N-dealkylation sites (tertiary alicyclic amines) is 1. The minimum Gasteiger partial charge on any atom is -0.313 e. The zero-order chi connectivity index (χ0) is 12.0. The van der Waals surface area contributed by atoms with Gasteiger partial charge in [-0.15, -0.1) is 0 Å². The summed E-state index contributed by atoms with van der Waals surface area (Å²) >= 11 is 0. The molecule has 1 fully saturated rings. The molecule has 96 valence electrons. The standard InChI is InChI=1S/C14H30N2/c1-5-7-15-14-8-13(6-2)10-16(11-14)9-12(3)4/h12-15H,5-11H2,1-4H3. The topological polar surface area (TPSA) is 15.3 Å². The van der Waals surface area contributed by atoms with Crippen LogP contribution in [0.5, 0.6) is 0 Å². The molecular weight excluding hydrogens is 196 g/mol. The Labute approximate surface area is 102 Å². The summed E-state index contributed by atoms with van der Waals surface area (Å²) < 4.78 is 0. The second-order valence-electron chi connectivity index (χ2n) is 5.77. The van der Waals surface area contributed by atoms with E-state index in [9.17, 15) is 0 Å². The lowest BCUT2D eigenvalue weighted by Crippen LogP contribution is -2.50. The molecule has 0 amide bonds. The van der Waals surface area contributed by atoms with Crippen LogP contribution in [0.2, 0.25) is 0 Å². The minimum atomic E-state index is 0.734. The van der Waals surface area contributed by atoms with Gasteiger partial charge in [0.2, 0.25) is 0 Å². The third-order valence-electron chi connectivity index (χ3n) is 3.50. The third kappa shape index (κ3) is 4.84. The highest BCUT2D eigenvalue weighted by atomic mass is 15.2. The van der Waals surface area contributed by atoms with Crippen LogP contribution >= 0.6 is 0 Å². The van der Waals surface area contributed by atoms with E-state index in [4.69, 9.17) is 0 Å². The number of rotatable bonds is 6. The molecule has 2 unspecified atom stereocenters. The Hall–Kier alpha value is -0.0800. The minimum absolute atomic E-state index is 0.734. The van der Waals surface area contributed by atoms with E-state index >= 15 is 0 Å². The first-order valence-electron chi connectivity index (χ1n) is 7.11. The van der Waals surface area contributed by atoms with Gasteiger partial charge >= 0.3 is 0 Å². The molecule has 2 atom stereocenters. The van der Waals surface area contributed by atoms with E-state index in [0.717, 1.165) is 17.9 Å². The summed E-state index contributed by atoms with van der Waals surface area (Å²) in [5.74, 6) is 1.70. The fourth-order valence-corrected chi connectivity index (χ4v) is 2.76. The summed E-state index contributed by atoms with van der Waals surface area (Å²) in [5, 5.41) is 3.70. The van der Waals surface area contributed by atoms with Gasteiger partial charge in [0, 0.05) is 25.7 Å². The van der Waals surface area contributed by atoms with Gasteiger partial charge in [-0.3, -0.25) is 0 Å². The van der Waals surface area contributed by atoms with Gasteiger partial charge < -0.3 is 10.2 Å². The molecule has 1 aliphatic heterocycles. The van der Waals surface area contributed by atoms with Crippen molar-refractivity contribution in [1.29, 1.82) is 0 Å². The molecule has 0 radical (unpaired) electrons. The van der Waals surface area contributed by atoms with Crippen molar-refractivity contribution >= 4 is 0 Å². The molecule has 2 heteroatoms. The summed E-state index contributed by atoms with van der Waals surface area (Å²) in [4.78, 5) is 2.66. The van der Waals surface area contributed by atoms with Crippen molar-refractivity contribution in [2.75, 3.05) is 26.2 Å². The monoisotopic (exact) mass is 226 g/mol. The van der Waals surface area contributed by atoms with Crippen molar-refractivity contribution in [3.63, 3.8) is 0 Å². The summed E-state index contributed by atoms with van der Waals surface area (Å²) in [6.45, 7) is 14.2. The van der Waals surface area contributed by atoms with Crippen LogP contribution in [-0.4, -0.2) is 37.1 Å². The smallest absolute Gasteiger partial charge is 0.0198 e. The zero-order valence-electron chi connectivity index (χ0n) is 11.6. The Morgan fingerprint density at radius 3 is 2.56 bits per heavy atom. The van der Waals surface area contributed by atoms with Crippen molar-refractivity contribution in [1.82, 2.24) is 10.2 Å². The predicted molar refractivity (Wildman–Crippen MR) is 71.8 cm³/mol. The lowest BCUT2D eigenvalue weighted by atomic mass is 9.91. The molecule has 16 heavy (non-hydrogen) atoms. The second-order valence-corrected chi connectivity index (χ2v) is 5.77. The maximum absolute atomic E-state index is 3.70. The van der Waals surface area contributed by atoms with Crippen LogP contribution in [-0.2, 0) is 0 Å². The van der Waals surface area contributed by atoms with Gasteiger partial charge in [-0.25, -0.2) is 0 Å². The van der Waals surface area contributed by atoms with Gasteiger partial charge in [-0.05, 0) is 31.2 Å². The Balaban J connectivity index is 2.40. The fraction of sp³-hybridized carbons (Fsp3) is 1.00. The van der Waals surface area contributed by atoms with Gasteiger partial charge in [-0.1, -0.05) is 34.1 Å². The van der Waals surface area contributed by atoms with E-state index in [1.165, 1.54) is 45.4 Å². The SMILES string of the molecule is CCCNC1CC(CC)CN(CC(C)C)C1. The van der Waals surface area contributed by atoms with E-state index in [2.05, 4.69) is 37.9 Å². The van der Waals surface area contributed by atoms with Crippen molar-refractivity contribution in [3.8, 4) is 0 Å². The van der Waals surface area contributed by atoms with Crippen LogP contribution in [0.1, 0.15) is 47.0 Å². The Bertz CT molecular complexity index is 180. The second kappa shape index (κ2) is 7.29. The zero-order valence-corrected chi connectivity index (χ0v) is 11.6. The van der Waals surface area contributed by atoms with E-state index in [-0.39, 0.29) is 0 Å². The van der Waals surface area contributed by atoms with Crippen LogP contribution in [0.15, 0.2) is 0 Å². The van der Waals surface area contributed by atoms with E-state index in [1.807, 2.05) is 0 Å². The van der Waals surface area contributed by atoms with Crippen molar-refractivity contribution in [2.45, 2.75) is 53.0 Å². The molecule has 0 bridgehead atoms. The van der Waals surface area contributed by atoms with E-state index < -0.39 is 0 Å². The first-order chi connectivity index (χ1) is 7.65. The average molecular weight is 226 g/mol. The van der Waals surface area contributed by atoms with Gasteiger partial charge in [-0.2, -0.15) is 0 Å². The van der Waals surface area contributed by atoms with Crippen molar-refractivity contribution in [2.24, 2.45) is 11.8 Å². The van der Waals surface area contributed by atoms with Crippen LogP contribution in [0.3, 0.4) is 0 Å². The highest BCUT2D eigenvalue weighted by molar-refractivity contribution is 4.83. The van der Waals surface area contributed by atoms with Crippen LogP contribution in [0, 0.1) is 11.8 Å². The fourth-order valence-electron chi connectivity index (χ4n) is 2.76. The van der Waals surface area contributed by atoms with Crippen LogP contribution in [0.25, 0.3) is 0 Å². The number of hydrogen-bond donors (Lipinski definition) is 1. The summed E-state index contributed by atoms with van der Waals surface area (Å²) in [6, 6.07) is 0.734. The quantitative estimate of drug-likeness (QED) is 0.749. The molecule has 2 nitrogen and oxygen atoms in total. The predicted octanol–water partition coefficient (Wildman–Crippen LogP) is 2.74. The lowest BCUT2D eigenvalue weighted by Gasteiger charge is -2.38.